The summed E-state index contributed by atoms with van der Waals surface area (Å²) in [6.45, 7) is 2.68. The van der Waals surface area contributed by atoms with E-state index in [1.54, 1.807) is 11.0 Å². The van der Waals surface area contributed by atoms with Gasteiger partial charge in [-0.25, -0.2) is 9.59 Å². The Kier molecular flexibility index (Phi) is 6.77. The molecule has 0 spiro atoms. The van der Waals surface area contributed by atoms with Crippen LogP contribution < -0.4 is 5.32 Å². The van der Waals surface area contributed by atoms with Crippen LogP contribution in [0.4, 0.5) is 4.79 Å². The predicted octanol–water partition coefficient (Wildman–Crippen LogP) is 3.94. The SMILES string of the molecule is CCCC(NC(=O)OCC1c2ccccc2-c2ccccc21)C(=O)N1CC=C(C(=O)O)CC1. The zero-order valence-electron chi connectivity index (χ0n) is 18.6. The molecule has 1 heterocycles. The van der Waals surface area contributed by atoms with Crippen molar-refractivity contribution in [3.63, 3.8) is 0 Å². The quantitative estimate of drug-likeness (QED) is 0.669. The van der Waals surface area contributed by atoms with Crippen molar-refractivity contribution in [2.24, 2.45) is 0 Å². The highest BCUT2D eigenvalue weighted by molar-refractivity contribution is 5.89. The second-order valence-electron chi connectivity index (χ2n) is 8.38. The van der Waals surface area contributed by atoms with Gasteiger partial charge in [-0.2, -0.15) is 0 Å². The molecule has 0 aromatic heterocycles. The second-order valence-corrected chi connectivity index (χ2v) is 8.38. The third kappa shape index (κ3) is 4.77. The van der Waals surface area contributed by atoms with Crippen molar-refractivity contribution in [2.45, 2.75) is 38.1 Å². The van der Waals surface area contributed by atoms with E-state index in [-0.39, 0.29) is 25.0 Å². The molecule has 172 valence electrons. The number of ether oxygens (including phenoxy) is 1. The maximum atomic E-state index is 13.0. The molecule has 2 aromatic rings. The number of alkyl carbamates (subject to hydrolysis) is 1. The number of benzene rings is 2. The van der Waals surface area contributed by atoms with Gasteiger partial charge in [-0.05, 0) is 35.1 Å². The number of carbonyl (C=O) groups is 3. The Labute approximate surface area is 193 Å². The number of carboxylic acids is 1. The Morgan fingerprint density at radius 2 is 1.73 bits per heavy atom. The van der Waals surface area contributed by atoms with Crippen LogP contribution in [0.1, 0.15) is 43.2 Å². The van der Waals surface area contributed by atoms with E-state index in [9.17, 15) is 14.4 Å². The first-order chi connectivity index (χ1) is 16.0. The summed E-state index contributed by atoms with van der Waals surface area (Å²) in [5, 5.41) is 11.8. The van der Waals surface area contributed by atoms with Gasteiger partial charge in [0, 0.05) is 24.6 Å². The van der Waals surface area contributed by atoms with Crippen LogP contribution in [0.2, 0.25) is 0 Å². The lowest BCUT2D eigenvalue weighted by Gasteiger charge is -2.29. The number of aliphatic carboxylic acids is 1. The van der Waals surface area contributed by atoms with E-state index in [2.05, 4.69) is 29.6 Å². The van der Waals surface area contributed by atoms with Crippen LogP contribution in [-0.4, -0.2) is 53.7 Å². The lowest BCUT2D eigenvalue weighted by molar-refractivity contribution is -0.135. The molecule has 1 unspecified atom stereocenters. The number of fused-ring (bicyclic) bond motifs is 3. The molecule has 2 aliphatic rings. The molecule has 1 aliphatic heterocycles. The van der Waals surface area contributed by atoms with Crippen molar-refractivity contribution >= 4 is 18.0 Å². The third-order valence-corrected chi connectivity index (χ3v) is 6.31. The van der Waals surface area contributed by atoms with Crippen LogP contribution in [0.5, 0.6) is 0 Å². The summed E-state index contributed by atoms with van der Waals surface area (Å²) in [7, 11) is 0. The molecule has 0 saturated carbocycles. The molecule has 0 saturated heterocycles. The molecule has 7 heteroatoms. The molecule has 0 bridgehead atoms. The number of hydrogen-bond donors (Lipinski definition) is 2. The Hall–Kier alpha value is -3.61. The minimum atomic E-state index is -0.955. The minimum absolute atomic E-state index is 0.0508. The number of hydrogen-bond acceptors (Lipinski definition) is 4. The predicted molar refractivity (Wildman–Crippen MR) is 124 cm³/mol. The maximum absolute atomic E-state index is 13.0. The standard InChI is InChI=1S/C26H28N2O5/c1-2-7-23(24(29)28-14-12-17(13-15-28)25(30)31)27-26(32)33-16-22-20-10-5-3-8-18(20)19-9-4-6-11-21(19)22/h3-6,8-12,22-23H,2,7,13-16H2,1H3,(H,27,32)(H,30,31). The van der Waals surface area contributed by atoms with Crippen molar-refractivity contribution in [2.75, 3.05) is 19.7 Å². The fourth-order valence-electron chi connectivity index (χ4n) is 4.61. The van der Waals surface area contributed by atoms with Gasteiger partial charge >= 0.3 is 12.1 Å². The van der Waals surface area contributed by atoms with Crippen LogP contribution >= 0.6 is 0 Å². The zero-order valence-corrected chi connectivity index (χ0v) is 18.6. The number of rotatable bonds is 7. The smallest absolute Gasteiger partial charge is 0.407 e. The maximum Gasteiger partial charge on any atom is 0.407 e. The molecule has 7 nitrogen and oxygen atoms in total. The van der Waals surface area contributed by atoms with Crippen LogP contribution in [0.25, 0.3) is 11.1 Å². The normalized spacial score (nSPS) is 15.8. The van der Waals surface area contributed by atoms with E-state index in [0.717, 1.165) is 22.3 Å². The largest absolute Gasteiger partial charge is 0.478 e. The van der Waals surface area contributed by atoms with E-state index in [4.69, 9.17) is 9.84 Å². The third-order valence-electron chi connectivity index (χ3n) is 6.31. The Morgan fingerprint density at radius 1 is 1.09 bits per heavy atom. The molecule has 33 heavy (non-hydrogen) atoms. The van der Waals surface area contributed by atoms with Gasteiger partial charge in [0.2, 0.25) is 5.91 Å². The molecular formula is C26H28N2O5. The molecule has 2 aromatic carbocycles. The minimum Gasteiger partial charge on any atom is -0.478 e. The summed E-state index contributed by atoms with van der Waals surface area (Å²) in [5.41, 5.74) is 4.87. The molecule has 4 rings (SSSR count). The molecular weight excluding hydrogens is 420 g/mol. The van der Waals surface area contributed by atoms with Gasteiger partial charge in [-0.15, -0.1) is 0 Å². The lowest BCUT2D eigenvalue weighted by Crippen LogP contribution is -2.50. The monoisotopic (exact) mass is 448 g/mol. The zero-order chi connectivity index (χ0) is 23.4. The van der Waals surface area contributed by atoms with Gasteiger partial charge in [0.05, 0.1) is 0 Å². The van der Waals surface area contributed by atoms with E-state index in [1.165, 1.54) is 0 Å². The first-order valence-electron chi connectivity index (χ1n) is 11.3. The fraction of sp³-hybridized carbons (Fsp3) is 0.346. The van der Waals surface area contributed by atoms with E-state index in [0.29, 0.717) is 31.4 Å². The summed E-state index contributed by atoms with van der Waals surface area (Å²) >= 11 is 0. The highest BCUT2D eigenvalue weighted by atomic mass is 16.5. The number of carboxylic acid groups (broad SMARTS) is 1. The average Bonchev–Trinajstić information content (AvgIpc) is 3.16. The van der Waals surface area contributed by atoms with E-state index < -0.39 is 18.1 Å². The average molecular weight is 449 g/mol. The molecule has 0 radical (unpaired) electrons. The van der Waals surface area contributed by atoms with Crippen molar-refractivity contribution < 1.29 is 24.2 Å². The van der Waals surface area contributed by atoms with Gasteiger partial charge in [0.15, 0.2) is 0 Å². The number of carbonyl (C=O) groups excluding carboxylic acids is 2. The van der Waals surface area contributed by atoms with Crippen molar-refractivity contribution in [1.82, 2.24) is 10.2 Å². The fourth-order valence-corrected chi connectivity index (χ4v) is 4.61. The van der Waals surface area contributed by atoms with E-state index >= 15 is 0 Å². The first kappa shape index (κ1) is 22.6. The topological polar surface area (TPSA) is 95.9 Å². The molecule has 1 atom stereocenters. The number of nitrogens with zero attached hydrogens (tertiary/aromatic N) is 1. The van der Waals surface area contributed by atoms with Crippen LogP contribution in [0.15, 0.2) is 60.2 Å². The van der Waals surface area contributed by atoms with Crippen LogP contribution in [0, 0.1) is 0 Å². The molecule has 1 aliphatic carbocycles. The van der Waals surface area contributed by atoms with Crippen LogP contribution in [-0.2, 0) is 14.3 Å². The number of amides is 2. The van der Waals surface area contributed by atoms with Crippen molar-refractivity contribution in [3.05, 3.63) is 71.3 Å². The second kappa shape index (κ2) is 9.90. The van der Waals surface area contributed by atoms with Crippen molar-refractivity contribution in [1.29, 1.82) is 0 Å². The van der Waals surface area contributed by atoms with Gasteiger partial charge in [0.25, 0.3) is 0 Å². The highest BCUT2D eigenvalue weighted by Gasteiger charge is 2.31. The first-order valence-corrected chi connectivity index (χ1v) is 11.3. The highest BCUT2D eigenvalue weighted by Crippen LogP contribution is 2.44. The summed E-state index contributed by atoms with van der Waals surface area (Å²) in [4.78, 5) is 38.3. The van der Waals surface area contributed by atoms with Gasteiger partial charge in [-0.1, -0.05) is 68.0 Å². The Bertz CT molecular complexity index is 1050. The van der Waals surface area contributed by atoms with Crippen LogP contribution in [0.3, 0.4) is 0 Å². The Balaban J connectivity index is 1.39. The summed E-state index contributed by atoms with van der Waals surface area (Å²) < 4.78 is 5.59. The van der Waals surface area contributed by atoms with Crippen molar-refractivity contribution in [3.8, 4) is 11.1 Å². The van der Waals surface area contributed by atoms with Gasteiger partial charge in [-0.3, -0.25) is 4.79 Å². The van der Waals surface area contributed by atoms with E-state index in [1.807, 2.05) is 31.2 Å². The van der Waals surface area contributed by atoms with Gasteiger partial charge < -0.3 is 20.1 Å². The molecule has 0 fully saturated rings. The summed E-state index contributed by atoms with van der Waals surface area (Å²) in [6, 6.07) is 15.5. The molecule has 2 N–H and O–H groups in total. The Morgan fingerprint density at radius 3 is 2.27 bits per heavy atom. The van der Waals surface area contributed by atoms with Gasteiger partial charge in [0.1, 0.15) is 12.6 Å². The summed E-state index contributed by atoms with van der Waals surface area (Å²) in [6.07, 6.45) is 2.42. The number of nitrogens with one attached hydrogen (secondary N) is 1. The summed E-state index contributed by atoms with van der Waals surface area (Å²) in [5.74, 6) is -1.22. The molecule has 2 amide bonds. The lowest BCUT2D eigenvalue weighted by atomic mass is 9.98.